The molecular weight excluding hydrogens is 558 g/mol. The molecule has 0 aliphatic heterocycles. The molecule has 0 N–H and O–H groups in total. The number of hydrogen-bond acceptors (Lipinski definition) is 0. The second kappa shape index (κ2) is 13.3. The number of fused-ring (bicyclic) bond motifs is 3. The van der Waals surface area contributed by atoms with Crippen molar-refractivity contribution in [2.24, 2.45) is 0 Å². The molecular formula is C33H29Cl2Zr-. The van der Waals surface area contributed by atoms with Crippen LogP contribution in [0.5, 0.6) is 0 Å². The van der Waals surface area contributed by atoms with Crippen molar-refractivity contribution in [2.45, 2.75) is 26.2 Å². The Kier molecular flexibility index (Phi) is 10.4. The summed E-state index contributed by atoms with van der Waals surface area (Å²) >= 11 is 1.46. The molecule has 4 aromatic carbocycles. The molecule has 0 atom stereocenters. The summed E-state index contributed by atoms with van der Waals surface area (Å²) in [4.78, 5) is 0. The number of allylic oxidation sites excluding steroid dienone is 4. The van der Waals surface area contributed by atoms with Gasteiger partial charge in [-0.15, -0.1) is 59.7 Å². The third-order valence-corrected chi connectivity index (χ3v) is 7.98. The predicted octanol–water partition coefficient (Wildman–Crippen LogP) is 8.83. The fraction of sp³-hybridized carbons (Fsp3) is 0.121. The molecule has 180 valence electrons. The average molecular weight is 588 g/mol. The van der Waals surface area contributed by atoms with Crippen LogP contribution < -0.4 is 0 Å². The van der Waals surface area contributed by atoms with E-state index in [9.17, 15) is 0 Å². The van der Waals surface area contributed by atoms with Gasteiger partial charge in [0.2, 0.25) is 0 Å². The van der Waals surface area contributed by atoms with Crippen molar-refractivity contribution in [3.05, 3.63) is 149 Å². The van der Waals surface area contributed by atoms with E-state index in [0.29, 0.717) is 0 Å². The van der Waals surface area contributed by atoms with E-state index in [-0.39, 0.29) is 24.8 Å². The maximum atomic E-state index is 3.68. The Morgan fingerprint density at radius 2 is 1.36 bits per heavy atom. The summed E-state index contributed by atoms with van der Waals surface area (Å²) in [6.07, 6.45) is 7.74. The fourth-order valence-corrected chi connectivity index (χ4v) is 5.59. The fourth-order valence-electron chi connectivity index (χ4n) is 4.78. The van der Waals surface area contributed by atoms with E-state index in [1.165, 1.54) is 77.5 Å². The van der Waals surface area contributed by atoms with Crippen molar-refractivity contribution in [2.75, 3.05) is 0 Å². The van der Waals surface area contributed by atoms with Crippen molar-refractivity contribution in [1.82, 2.24) is 0 Å². The molecule has 0 saturated carbocycles. The first-order valence-electron chi connectivity index (χ1n) is 12.0. The Balaban J connectivity index is 0.000000201. The number of rotatable bonds is 4. The van der Waals surface area contributed by atoms with Gasteiger partial charge in [0, 0.05) is 0 Å². The van der Waals surface area contributed by atoms with Crippen LogP contribution in [0, 0.1) is 6.07 Å². The van der Waals surface area contributed by atoms with Gasteiger partial charge in [0.25, 0.3) is 0 Å². The van der Waals surface area contributed by atoms with Crippen molar-refractivity contribution in [3.8, 4) is 11.1 Å². The Morgan fingerprint density at radius 1 is 0.750 bits per heavy atom. The van der Waals surface area contributed by atoms with E-state index < -0.39 is 0 Å². The number of halogens is 2. The molecule has 0 saturated heterocycles. The molecule has 2 aliphatic rings. The summed E-state index contributed by atoms with van der Waals surface area (Å²) in [7, 11) is 0. The Labute approximate surface area is 242 Å². The molecule has 0 aromatic heterocycles. The molecule has 0 heterocycles. The summed E-state index contributed by atoms with van der Waals surface area (Å²) in [6, 6.07) is 38.0. The van der Waals surface area contributed by atoms with Crippen LogP contribution in [0.3, 0.4) is 0 Å². The van der Waals surface area contributed by atoms with Crippen LogP contribution in [0.2, 0.25) is 0 Å². The molecule has 2 aliphatic carbocycles. The number of benzene rings is 4. The van der Waals surface area contributed by atoms with E-state index in [4.69, 9.17) is 0 Å². The van der Waals surface area contributed by atoms with Gasteiger partial charge in [0.15, 0.2) is 0 Å². The third kappa shape index (κ3) is 6.15. The predicted molar refractivity (Wildman–Crippen MR) is 155 cm³/mol. The quantitative estimate of drug-likeness (QED) is 0.184. The van der Waals surface area contributed by atoms with E-state index in [2.05, 4.69) is 122 Å². The van der Waals surface area contributed by atoms with Crippen LogP contribution in [-0.4, -0.2) is 3.21 Å². The zero-order valence-corrected chi connectivity index (χ0v) is 24.4. The summed E-state index contributed by atoms with van der Waals surface area (Å²) in [5, 5.41) is 0. The van der Waals surface area contributed by atoms with E-state index >= 15 is 0 Å². The SMILES string of the molecule is CCC1=C(c2[c-]c3c(cc2)-c2ccccc2C3)CC=C1.Cl.Cl.[Zr]=[C](c1ccccc1)c1ccccc1. The van der Waals surface area contributed by atoms with Gasteiger partial charge in [-0.25, -0.2) is 0 Å². The van der Waals surface area contributed by atoms with E-state index in [1.807, 2.05) is 0 Å². The Morgan fingerprint density at radius 3 is 2.00 bits per heavy atom. The minimum atomic E-state index is 0. The van der Waals surface area contributed by atoms with Crippen LogP contribution in [0.15, 0.2) is 115 Å². The van der Waals surface area contributed by atoms with Gasteiger partial charge >= 0.3 is 99.2 Å². The van der Waals surface area contributed by atoms with Crippen molar-refractivity contribution < 1.29 is 24.2 Å². The van der Waals surface area contributed by atoms with Crippen LogP contribution in [0.1, 0.15) is 47.6 Å². The van der Waals surface area contributed by atoms with Crippen LogP contribution in [0.4, 0.5) is 0 Å². The molecule has 0 radical (unpaired) electrons. The molecule has 0 bridgehead atoms. The van der Waals surface area contributed by atoms with Crippen LogP contribution >= 0.6 is 24.8 Å². The van der Waals surface area contributed by atoms with Crippen LogP contribution in [0.25, 0.3) is 16.7 Å². The summed E-state index contributed by atoms with van der Waals surface area (Å²) < 4.78 is 1.42. The molecule has 36 heavy (non-hydrogen) atoms. The van der Waals surface area contributed by atoms with E-state index in [0.717, 1.165) is 19.3 Å². The molecule has 0 fully saturated rings. The molecule has 0 unspecified atom stereocenters. The zero-order valence-electron chi connectivity index (χ0n) is 20.3. The molecule has 3 heteroatoms. The molecule has 0 amide bonds. The summed E-state index contributed by atoms with van der Waals surface area (Å²) in [5.41, 5.74) is 12.4. The first kappa shape index (κ1) is 28.3. The first-order valence-corrected chi connectivity index (χ1v) is 13.2. The van der Waals surface area contributed by atoms with Crippen molar-refractivity contribution in [1.29, 1.82) is 0 Å². The molecule has 0 nitrogen and oxygen atoms in total. The van der Waals surface area contributed by atoms with Gasteiger partial charge in [-0.1, -0.05) is 60.0 Å². The molecule has 4 aromatic rings. The van der Waals surface area contributed by atoms with Crippen molar-refractivity contribution >= 4 is 33.6 Å². The molecule has 0 spiro atoms. The van der Waals surface area contributed by atoms with Gasteiger partial charge in [-0.05, 0) is 24.8 Å². The second-order valence-corrected chi connectivity index (χ2v) is 9.90. The van der Waals surface area contributed by atoms with Gasteiger partial charge in [-0.3, -0.25) is 0 Å². The van der Waals surface area contributed by atoms with Gasteiger partial charge in [-0.2, -0.15) is 0 Å². The average Bonchev–Trinajstić information content (AvgIpc) is 3.54. The van der Waals surface area contributed by atoms with Gasteiger partial charge in [0.1, 0.15) is 0 Å². The maximum absolute atomic E-state index is 3.68. The van der Waals surface area contributed by atoms with E-state index in [1.54, 1.807) is 0 Å². The zero-order chi connectivity index (χ0) is 23.3. The minimum absolute atomic E-state index is 0. The normalized spacial score (nSPS) is 12.4. The molecule has 6 rings (SSSR count). The number of hydrogen-bond donors (Lipinski definition) is 0. The van der Waals surface area contributed by atoms with Crippen molar-refractivity contribution in [3.63, 3.8) is 0 Å². The monoisotopic (exact) mass is 585 g/mol. The third-order valence-electron chi connectivity index (χ3n) is 6.56. The van der Waals surface area contributed by atoms with Crippen LogP contribution in [-0.2, 0) is 30.7 Å². The topological polar surface area (TPSA) is 0 Å². The van der Waals surface area contributed by atoms with Gasteiger partial charge < -0.3 is 0 Å². The standard InChI is InChI=1S/C20H17.C13H10.2ClH.Zr/c1-2-14-7-5-9-18(14)16-10-11-20-17(13-16)12-15-6-3-4-8-19(15)20;1-3-7-12(8-4-1)11-13-9-5-2-6-10-13;;;/h3-8,10-11H,2,9,12H2,1H3;1-10H;2*1H;/q-1;;;;. The summed E-state index contributed by atoms with van der Waals surface area (Å²) in [6.45, 7) is 2.23. The Bertz CT molecular complexity index is 1340. The summed E-state index contributed by atoms with van der Waals surface area (Å²) in [5.74, 6) is 0. The second-order valence-electron chi connectivity index (χ2n) is 8.67. The first-order chi connectivity index (χ1) is 16.7. The van der Waals surface area contributed by atoms with Gasteiger partial charge in [0.05, 0.1) is 0 Å². The Hall–Kier alpha value is -2.31.